The van der Waals surface area contributed by atoms with Gasteiger partial charge in [-0.15, -0.1) is 0 Å². The maximum absolute atomic E-state index is 9.28. The smallest absolute Gasteiger partial charge is 0.119 e. The third-order valence-corrected chi connectivity index (χ3v) is 1.88. The number of hydrazine groups is 1. The number of hydrogen-bond acceptors (Lipinski definition) is 4. The van der Waals surface area contributed by atoms with Crippen LogP contribution in [0, 0.1) is 0 Å². The SMILES string of the molecule is CC(NN(C)C)c1cc(O)cc(O)c1. The summed E-state index contributed by atoms with van der Waals surface area (Å²) < 4.78 is 0. The number of rotatable bonds is 3. The van der Waals surface area contributed by atoms with E-state index in [4.69, 9.17) is 0 Å². The molecule has 4 heteroatoms. The predicted octanol–water partition coefficient (Wildman–Crippen LogP) is 1.23. The molecular formula is C10H16N2O2. The van der Waals surface area contributed by atoms with E-state index in [2.05, 4.69) is 5.43 Å². The Labute approximate surface area is 83.8 Å². The van der Waals surface area contributed by atoms with Crippen LogP contribution in [-0.4, -0.2) is 29.3 Å². The zero-order valence-electron chi connectivity index (χ0n) is 8.65. The summed E-state index contributed by atoms with van der Waals surface area (Å²) in [7, 11) is 3.78. The topological polar surface area (TPSA) is 55.7 Å². The van der Waals surface area contributed by atoms with Crippen LogP contribution in [0.3, 0.4) is 0 Å². The van der Waals surface area contributed by atoms with Gasteiger partial charge in [0.2, 0.25) is 0 Å². The summed E-state index contributed by atoms with van der Waals surface area (Å²) in [5.41, 5.74) is 3.97. The summed E-state index contributed by atoms with van der Waals surface area (Å²) in [6.07, 6.45) is 0. The summed E-state index contributed by atoms with van der Waals surface area (Å²) in [6.45, 7) is 1.95. The van der Waals surface area contributed by atoms with Crippen molar-refractivity contribution in [2.24, 2.45) is 0 Å². The van der Waals surface area contributed by atoms with Gasteiger partial charge in [0.05, 0.1) is 0 Å². The second-order valence-corrected chi connectivity index (χ2v) is 3.53. The van der Waals surface area contributed by atoms with E-state index in [0.29, 0.717) is 0 Å². The van der Waals surface area contributed by atoms with Crippen LogP contribution in [0.25, 0.3) is 0 Å². The first-order valence-corrected chi connectivity index (χ1v) is 4.45. The highest BCUT2D eigenvalue weighted by Gasteiger charge is 2.07. The maximum atomic E-state index is 9.28. The van der Waals surface area contributed by atoms with Gasteiger partial charge in [0.1, 0.15) is 11.5 Å². The number of nitrogens with zero attached hydrogens (tertiary/aromatic N) is 1. The Kier molecular flexibility index (Phi) is 3.33. The van der Waals surface area contributed by atoms with Gasteiger partial charge in [-0.25, -0.2) is 5.43 Å². The third-order valence-electron chi connectivity index (χ3n) is 1.88. The van der Waals surface area contributed by atoms with Crippen molar-refractivity contribution >= 4 is 0 Å². The summed E-state index contributed by atoms with van der Waals surface area (Å²) in [4.78, 5) is 0. The summed E-state index contributed by atoms with van der Waals surface area (Å²) in [6, 6.07) is 4.61. The van der Waals surface area contributed by atoms with Crippen LogP contribution in [0.4, 0.5) is 0 Å². The lowest BCUT2D eigenvalue weighted by molar-refractivity contribution is 0.251. The molecule has 0 aliphatic carbocycles. The number of benzene rings is 1. The van der Waals surface area contributed by atoms with E-state index < -0.39 is 0 Å². The van der Waals surface area contributed by atoms with Crippen molar-refractivity contribution < 1.29 is 10.2 Å². The van der Waals surface area contributed by atoms with Gasteiger partial charge in [0.25, 0.3) is 0 Å². The van der Waals surface area contributed by atoms with Crippen molar-refractivity contribution in [3.63, 3.8) is 0 Å². The molecule has 78 valence electrons. The minimum absolute atomic E-state index is 0.0444. The quantitative estimate of drug-likeness (QED) is 0.636. The van der Waals surface area contributed by atoms with Gasteiger partial charge in [0.15, 0.2) is 0 Å². The van der Waals surface area contributed by atoms with Gasteiger partial charge in [0, 0.05) is 26.2 Å². The van der Waals surface area contributed by atoms with Gasteiger partial charge in [-0.2, -0.15) is 0 Å². The molecule has 0 heterocycles. The number of nitrogens with one attached hydrogen (secondary N) is 1. The lowest BCUT2D eigenvalue weighted by Gasteiger charge is -2.19. The van der Waals surface area contributed by atoms with Crippen LogP contribution in [0.15, 0.2) is 18.2 Å². The molecule has 1 rings (SSSR count). The second kappa shape index (κ2) is 4.30. The monoisotopic (exact) mass is 196 g/mol. The largest absolute Gasteiger partial charge is 0.508 e. The molecule has 0 aliphatic rings. The molecule has 1 unspecified atom stereocenters. The van der Waals surface area contributed by atoms with Crippen molar-refractivity contribution in [2.75, 3.05) is 14.1 Å². The molecule has 0 radical (unpaired) electrons. The minimum atomic E-state index is 0.0444. The molecular weight excluding hydrogens is 180 g/mol. The van der Waals surface area contributed by atoms with Crippen molar-refractivity contribution in [1.29, 1.82) is 0 Å². The van der Waals surface area contributed by atoms with Gasteiger partial charge in [-0.05, 0) is 24.6 Å². The molecule has 0 amide bonds. The second-order valence-electron chi connectivity index (χ2n) is 3.53. The standard InChI is InChI=1S/C10H16N2O2/c1-7(11-12(2)3)8-4-9(13)6-10(14)5-8/h4-7,11,13-14H,1-3H3. The Morgan fingerprint density at radius 1 is 1.14 bits per heavy atom. The molecule has 4 nitrogen and oxygen atoms in total. The zero-order chi connectivity index (χ0) is 10.7. The molecule has 0 saturated heterocycles. The summed E-state index contributed by atoms with van der Waals surface area (Å²) in [5.74, 6) is 0.153. The predicted molar refractivity (Wildman–Crippen MR) is 55.0 cm³/mol. The number of hydrogen-bond donors (Lipinski definition) is 3. The van der Waals surface area contributed by atoms with E-state index in [9.17, 15) is 10.2 Å². The highest BCUT2D eigenvalue weighted by Crippen LogP contribution is 2.24. The van der Waals surface area contributed by atoms with Gasteiger partial charge in [-0.1, -0.05) is 0 Å². The number of phenols is 2. The molecule has 14 heavy (non-hydrogen) atoms. The first-order valence-electron chi connectivity index (χ1n) is 4.45. The van der Waals surface area contributed by atoms with Crippen molar-refractivity contribution in [1.82, 2.24) is 10.4 Å². The first-order chi connectivity index (χ1) is 6.49. The molecule has 0 aromatic heterocycles. The van der Waals surface area contributed by atoms with Crippen LogP contribution in [0.5, 0.6) is 11.5 Å². The van der Waals surface area contributed by atoms with E-state index in [0.717, 1.165) is 5.56 Å². The molecule has 0 bridgehead atoms. The van der Waals surface area contributed by atoms with Gasteiger partial charge >= 0.3 is 0 Å². The van der Waals surface area contributed by atoms with Crippen LogP contribution in [0.1, 0.15) is 18.5 Å². The third kappa shape index (κ3) is 2.90. The molecule has 0 aliphatic heterocycles. The van der Waals surface area contributed by atoms with Crippen LogP contribution in [-0.2, 0) is 0 Å². The van der Waals surface area contributed by atoms with Gasteiger partial charge < -0.3 is 10.2 Å². The van der Waals surface area contributed by atoms with E-state index in [-0.39, 0.29) is 17.5 Å². The van der Waals surface area contributed by atoms with Crippen molar-refractivity contribution in [3.8, 4) is 11.5 Å². The summed E-state index contributed by atoms with van der Waals surface area (Å²) >= 11 is 0. The molecule has 1 aromatic carbocycles. The maximum Gasteiger partial charge on any atom is 0.119 e. The van der Waals surface area contributed by atoms with Crippen LogP contribution < -0.4 is 5.43 Å². The Morgan fingerprint density at radius 2 is 1.64 bits per heavy atom. The van der Waals surface area contributed by atoms with E-state index >= 15 is 0 Å². The van der Waals surface area contributed by atoms with Crippen LogP contribution in [0.2, 0.25) is 0 Å². The molecule has 1 aromatic rings. The molecule has 0 saturated carbocycles. The summed E-state index contributed by atoms with van der Waals surface area (Å²) in [5, 5.41) is 20.4. The van der Waals surface area contributed by atoms with E-state index in [1.807, 2.05) is 26.0 Å². The number of phenolic OH excluding ortho intramolecular Hbond substituents is 2. The molecule has 0 fully saturated rings. The van der Waals surface area contributed by atoms with E-state index in [1.54, 1.807) is 12.1 Å². The Morgan fingerprint density at radius 3 is 2.07 bits per heavy atom. The highest BCUT2D eigenvalue weighted by molar-refractivity contribution is 5.37. The molecule has 0 spiro atoms. The Hall–Kier alpha value is -1.26. The minimum Gasteiger partial charge on any atom is -0.508 e. The lowest BCUT2D eigenvalue weighted by atomic mass is 10.1. The molecule has 1 atom stereocenters. The van der Waals surface area contributed by atoms with E-state index in [1.165, 1.54) is 6.07 Å². The average molecular weight is 196 g/mol. The Balaban J connectivity index is 2.84. The lowest BCUT2D eigenvalue weighted by Crippen LogP contribution is -2.32. The van der Waals surface area contributed by atoms with Crippen LogP contribution >= 0.6 is 0 Å². The average Bonchev–Trinajstić information content (AvgIpc) is 2.00. The van der Waals surface area contributed by atoms with Crippen molar-refractivity contribution in [2.45, 2.75) is 13.0 Å². The fourth-order valence-corrected chi connectivity index (χ4v) is 1.33. The first kappa shape index (κ1) is 10.8. The fourth-order valence-electron chi connectivity index (χ4n) is 1.33. The Bertz CT molecular complexity index is 293. The molecule has 3 N–H and O–H groups in total. The number of aromatic hydroxyl groups is 2. The fraction of sp³-hybridized carbons (Fsp3) is 0.400. The van der Waals surface area contributed by atoms with Crippen molar-refractivity contribution in [3.05, 3.63) is 23.8 Å². The van der Waals surface area contributed by atoms with Gasteiger partial charge in [-0.3, -0.25) is 5.01 Å². The highest BCUT2D eigenvalue weighted by atomic mass is 16.3. The zero-order valence-corrected chi connectivity index (χ0v) is 8.65. The normalized spacial score (nSPS) is 13.1.